The monoisotopic (exact) mass is 287 g/mol. The summed E-state index contributed by atoms with van der Waals surface area (Å²) in [6.45, 7) is 5.03. The van der Waals surface area contributed by atoms with E-state index in [4.69, 9.17) is 9.15 Å². The summed E-state index contributed by atoms with van der Waals surface area (Å²) in [5, 5.41) is 13.0. The van der Waals surface area contributed by atoms with Crippen molar-refractivity contribution in [2.24, 2.45) is 0 Å². The molecule has 1 heterocycles. The lowest BCUT2D eigenvalue weighted by Crippen LogP contribution is -2.31. The van der Waals surface area contributed by atoms with Gasteiger partial charge in [0.15, 0.2) is 0 Å². The Labute approximate surface area is 125 Å². The first-order chi connectivity index (χ1) is 10.3. The molecule has 0 aliphatic carbocycles. The standard InChI is InChI=1S/C17H21NO3/c1-2-6-14-7-3-4-9-17(14)21-13-15(19)11-18-12-16-8-5-10-20-16/h2-5,7-10,15,18-19H,1,6,11-13H2/t15-/m0/s1. The van der Waals surface area contributed by atoms with Gasteiger partial charge in [0.25, 0.3) is 0 Å². The van der Waals surface area contributed by atoms with E-state index in [-0.39, 0.29) is 6.61 Å². The van der Waals surface area contributed by atoms with Crippen LogP contribution >= 0.6 is 0 Å². The zero-order valence-electron chi connectivity index (χ0n) is 12.0. The molecule has 4 nitrogen and oxygen atoms in total. The molecule has 0 aliphatic heterocycles. The summed E-state index contributed by atoms with van der Waals surface area (Å²) in [5.74, 6) is 1.64. The fourth-order valence-electron chi connectivity index (χ4n) is 1.99. The molecule has 2 rings (SSSR count). The van der Waals surface area contributed by atoms with Gasteiger partial charge in [-0.1, -0.05) is 24.3 Å². The van der Waals surface area contributed by atoms with Crippen molar-refractivity contribution in [1.29, 1.82) is 0 Å². The first-order valence-electron chi connectivity index (χ1n) is 7.02. The highest BCUT2D eigenvalue weighted by Gasteiger charge is 2.07. The average Bonchev–Trinajstić information content (AvgIpc) is 3.00. The summed E-state index contributed by atoms with van der Waals surface area (Å²) in [7, 11) is 0. The van der Waals surface area contributed by atoms with E-state index in [1.807, 2.05) is 42.5 Å². The van der Waals surface area contributed by atoms with Gasteiger partial charge >= 0.3 is 0 Å². The molecule has 0 saturated carbocycles. The maximum Gasteiger partial charge on any atom is 0.122 e. The predicted molar refractivity (Wildman–Crippen MR) is 82.3 cm³/mol. The van der Waals surface area contributed by atoms with Gasteiger partial charge in [-0.3, -0.25) is 0 Å². The van der Waals surface area contributed by atoms with Crippen molar-refractivity contribution in [3.05, 3.63) is 66.6 Å². The normalized spacial score (nSPS) is 12.0. The number of ether oxygens (including phenoxy) is 1. The highest BCUT2D eigenvalue weighted by atomic mass is 16.5. The van der Waals surface area contributed by atoms with Gasteiger partial charge in [0.1, 0.15) is 24.2 Å². The molecular formula is C17H21NO3. The lowest BCUT2D eigenvalue weighted by atomic mass is 10.1. The molecule has 21 heavy (non-hydrogen) atoms. The minimum absolute atomic E-state index is 0.249. The Hall–Kier alpha value is -2.04. The number of rotatable bonds is 9. The summed E-state index contributed by atoms with van der Waals surface area (Å²) in [6.07, 6.45) is 3.65. The number of allylic oxidation sites excluding steroid dienone is 1. The number of benzene rings is 1. The second-order valence-electron chi connectivity index (χ2n) is 4.78. The van der Waals surface area contributed by atoms with E-state index >= 15 is 0 Å². The maximum atomic E-state index is 9.92. The number of nitrogens with one attached hydrogen (secondary N) is 1. The van der Waals surface area contributed by atoms with E-state index < -0.39 is 6.10 Å². The third kappa shape index (κ3) is 5.10. The minimum atomic E-state index is -0.572. The van der Waals surface area contributed by atoms with Crippen LogP contribution in [0.1, 0.15) is 11.3 Å². The summed E-state index contributed by atoms with van der Waals surface area (Å²) >= 11 is 0. The first-order valence-corrected chi connectivity index (χ1v) is 7.02. The van der Waals surface area contributed by atoms with Crippen LogP contribution in [0.4, 0.5) is 0 Å². The average molecular weight is 287 g/mol. The Morgan fingerprint density at radius 2 is 2.14 bits per heavy atom. The molecule has 2 N–H and O–H groups in total. The number of aliphatic hydroxyl groups excluding tert-OH is 1. The van der Waals surface area contributed by atoms with Crippen LogP contribution in [0.5, 0.6) is 5.75 Å². The van der Waals surface area contributed by atoms with Crippen LogP contribution in [-0.4, -0.2) is 24.4 Å². The second-order valence-corrected chi connectivity index (χ2v) is 4.78. The van der Waals surface area contributed by atoms with Crippen LogP contribution in [0.15, 0.2) is 59.7 Å². The Morgan fingerprint density at radius 3 is 2.90 bits per heavy atom. The summed E-state index contributed by atoms with van der Waals surface area (Å²) in [6, 6.07) is 11.5. The van der Waals surface area contributed by atoms with Crippen molar-refractivity contribution >= 4 is 0 Å². The van der Waals surface area contributed by atoms with Crippen molar-refractivity contribution < 1.29 is 14.3 Å². The fraction of sp³-hybridized carbons (Fsp3) is 0.294. The van der Waals surface area contributed by atoms with Gasteiger partial charge in [0.2, 0.25) is 0 Å². The summed E-state index contributed by atoms with van der Waals surface area (Å²) in [4.78, 5) is 0. The van der Waals surface area contributed by atoms with Gasteiger partial charge in [-0.2, -0.15) is 0 Å². The molecule has 1 atom stereocenters. The molecule has 0 amide bonds. The topological polar surface area (TPSA) is 54.6 Å². The number of para-hydroxylation sites is 1. The maximum absolute atomic E-state index is 9.92. The van der Waals surface area contributed by atoms with Gasteiger partial charge in [-0.15, -0.1) is 6.58 Å². The SMILES string of the molecule is C=CCc1ccccc1OC[C@@H](O)CNCc1ccco1. The fourth-order valence-corrected chi connectivity index (χ4v) is 1.99. The molecule has 0 fully saturated rings. The molecule has 0 saturated heterocycles. The molecule has 0 spiro atoms. The van der Waals surface area contributed by atoms with Gasteiger partial charge in [-0.25, -0.2) is 0 Å². The van der Waals surface area contributed by atoms with Crippen molar-refractivity contribution in [3.8, 4) is 5.75 Å². The molecule has 2 aromatic rings. The number of hydrogen-bond acceptors (Lipinski definition) is 4. The Kier molecular flexibility index (Phi) is 6.06. The summed E-state index contributed by atoms with van der Waals surface area (Å²) in [5.41, 5.74) is 1.07. The van der Waals surface area contributed by atoms with Crippen LogP contribution in [0, 0.1) is 0 Å². The molecule has 112 valence electrons. The minimum Gasteiger partial charge on any atom is -0.491 e. The lowest BCUT2D eigenvalue weighted by molar-refractivity contribution is 0.105. The number of furan rings is 1. The van der Waals surface area contributed by atoms with E-state index in [2.05, 4.69) is 11.9 Å². The first kappa shape index (κ1) is 15.4. The third-order valence-corrected chi connectivity index (χ3v) is 3.03. The van der Waals surface area contributed by atoms with Crippen molar-refractivity contribution in [1.82, 2.24) is 5.32 Å². The molecule has 1 aromatic carbocycles. The molecule has 1 aromatic heterocycles. The van der Waals surface area contributed by atoms with E-state index in [1.165, 1.54) is 0 Å². The summed E-state index contributed by atoms with van der Waals surface area (Å²) < 4.78 is 10.9. The largest absolute Gasteiger partial charge is 0.491 e. The zero-order chi connectivity index (χ0) is 14.9. The van der Waals surface area contributed by atoms with Crippen LogP contribution < -0.4 is 10.1 Å². The van der Waals surface area contributed by atoms with E-state index in [1.54, 1.807) is 6.26 Å². The van der Waals surface area contributed by atoms with Gasteiger partial charge in [-0.05, 0) is 30.2 Å². The lowest BCUT2D eigenvalue weighted by Gasteiger charge is -2.14. The zero-order valence-corrected chi connectivity index (χ0v) is 12.0. The molecule has 4 heteroatoms. The Balaban J connectivity index is 1.73. The van der Waals surface area contributed by atoms with Gasteiger partial charge < -0.3 is 19.6 Å². The third-order valence-electron chi connectivity index (χ3n) is 3.03. The molecular weight excluding hydrogens is 266 g/mol. The predicted octanol–water partition coefficient (Wildman–Crippen LogP) is 2.54. The second kappa shape index (κ2) is 8.29. The van der Waals surface area contributed by atoms with Crippen LogP contribution in [-0.2, 0) is 13.0 Å². The highest BCUT2D eigenvalue weighted by Crippen LogP contribution is 2.18. The number of aliphatic hydroxyl groups is 1. The highest BCUT2D eigenvalue weighted by molar-refractivity contribution is 5.34. The van der Waals surface area contributed by atoms with Gasteiger partial charge in [0.05, 0.1) is 12.8 Å². The van der Waals surface area contributed by atoms with Crippen LogP contribution in [0.2, 0.25) is 0 Å². The van der Waals surface area contributed by atoms with Crippen molar-refractivity contribution in [3.63, 3.8) is 0 Å². The molecule has 0 aliphatic rings. The smallest absolute Gasteiger partial charge is 0.122 e. The van der Waals surface area contributed by atoms with E-state index in [0.717, 1.165) is 23.5 Å². The number of hydrogen-bond donors (Lipinski definition) is 2. The van der Waals surface area contributed by atoms with E-state index in [0.29, 0.717) is 13.1 Å². The van der Waals surface area contributed by atoms with Crippen LogP contribution in [0.25, 0.3) is 0 Å². The molecule has 0 radical (unpaired) electrons. The molecule has 0 bridgehead atoms. The van der Waals surface area contributed by atoms with Gasteiger partial charge in [0, 0.05) is 6.54 Å². The van der Waals surface area contributed by atoms with E-state index in [9.17, 15) is 5.11 Å². The quantitative estimate of drug-likeness (QED) is 0.696. The van der Waals surface area contributed by atoms with Crippen molar-refractivity contribution in [2.75, 3.05) is 13.2 Å². The van der Waals surface area contributed by atoms with Crippen LogP contribution in [0.3, 0.4) is 0 Å². The Morgan fingerprint density at radius 1 is 1.29 bits per heavy atom. The van der Waals surface area contributed by atoms with Crippen molar-refractivity contribution in [2.45, 2.75) is 19.1 Å². The molecule has 0 unspecified atom stereocenters. The Bertz CT molecular complexity index is 537.